The molecule has 2 rings (SSSR count). The number of hydrogen-bond acceptors (Lipinski definition) is 2. The Balaban J connectivity index is 2.05. The van der Waals surface area contributed by atoms with Gasteiger partial charge in [-0.2, -0.15) is 13.2 Å². The Morgan fingerprint density at radius 3 is 2.72 bits per heavy atom. The molecule has 1 aliphatic rings. The summed E-state index contributed by atoms with van der Waals surface area (Å²) in [6.45, 7) is 0. The van der Waals surface area contributed by atoms with Crippen molar-refractivity contribution in [2.75, 3.05) is 0 Å². The molecule has 1 heterocycles. The molecule has 1 saturated carbocycles. The molecule has 3 atom stereocenters. The summed E-state index contributed by atoms with van der Waals surface area (Å²) in [5, 5.41) is 10.1. The summed E-state index contributed by atoms with van der Waals surface area (Å²) in [5.74, 6) is -1.60. The summed E-state index contributed by atoms with van der Waals surface area (Å²) in [6, 6.07) is 3.39. The zero-order chi connectivity index (χ0) is 13.2. The van der Waals surface area contributed by atoms with Crippen molar-refractivity contribution in [2.45, 2.75) is 38.0 Å². The number of pyridine rings is 1. The summed E-state index contributed by atoms with van der Waals surface area (Å²) in [4.78, 5) is 3.89. The number of aliphatic hydroxyl groups is 1. The van der Waals surface area contributed by atoms with Crippen molar-refractivity contribution in [1.29, 1.82) is 0 Å². The van der Waals surface area contributed by atoms with E-state index in [1.807, 2.05) is 0 Å². The van der Waals surface area contributed by atoms with E-state index in [2.05, 4.69) is 4.98 Å². The minimum atomic E-state index is -4.15. The van der Waals surface area contributed by atoms with Crippen LogP contribution >= 0.6 is 0 Å². The smallest absolute Gasteiger partial charge is 0.388 e. The van der Waals surface area contributed by atoms with Crippen LogP contribution in [0.15, 0.2) is 24.5 Å². The highest BCUT2D eigenvalue weighted by molar-refractivity contribution is 5.13. The number of alkyl halides is 3. The largest absolute Gasteiger partial charge is 0.391 e. The topological polar surface area (TPSA) is 33.1 Å². The predicted octanol–water partition coefficient (Wildman–Crippen LogP) is 3.48. The van der Waals surface area contributed by atoms with Gasteiger partial charge in [-0.3, -0.25) is 4.98 Å². The lowest BCUT2D eigenvalue weighted by molar-refractivity contribution is -0.189. The van der Waals surface area contributed by atoms with Crippen LogP contribution in [0.5, 0.6) is 0 Å². The Morgan fingerprint density at radius 1 is 1.33 bits per heavy atom. The van der Waals surface area contributed by atoms with Crippen LogP contribution in [-0.4, -0.2) is 16.3 Å². The molecule has 1 aliphatic carbocycles. The predicted molar refractivity (Wildman–Crippen MR) is 60.7 cm³/mol. The lowest BCUT2D eigenvalue weighted by Gasteiger charge is -2.33. The molecular weight excluding hydrogens is 243 g/mol. The van der Waals surface area contributed by atoms with Gasteiger partial charge in [-0.15, -0.1) is 0 Å². The fourth-order valence-corrected chi connectivity index (χ4v) is 2.63. The number of aliphatic hydroxyl groups excluding tert-OH is 1. The Bertz CT molecular complexity index is 380. The SMILES string of the molecule is OC(c1cccnc1)C1CCCC(C(F)(F)F)C1. The van der Waals surface area contributed by atoms with E-state index in [0.717, 1.165) is 0 Å². The second kappa shape index (κ2) is 5.26. The molecule has 0 spiro atoms. The first-order chi connectivity index (χ1) is 8.48. The molecule has 0 aliphatic heterocycles. The molecule has 3 unspecified atom stereocenters. The average molecular weight is 259 g/mol. The van der Waals surface area contributed by atoms with Crippen molar-refractivity contribution < 1.29 is 18.3 Å². The summed E-state index contributed by atoms with van der Waals surface area (Å²) >= 11 is 0. The van der Waals surface area contributed by atoms with Crippen molar-refractivity contribution >= 4 is 0 Å². The number of hydrogen-bond donors (Lipinski definition) is 1. The number of aromatic nitrogens is 1. The number of nitrogens with zero attached hydrogens (tertiary/aromatic N) is 1. The standard InChI is InChI=1S/C13H16F3NO/c14-13(15,16)11-5-1-3-9(7-11)12(18)10-4-2-6-17-8-10/h2,4,6,8-9,11-12,18H,1,3,5,7H2. The van der Waals surface area contributed by atoms with Crippen LogP contribution < -0.4 is 0 Å². The van der Waals surface area contributed by atoms with Crippen LogP contribution in [0, 0.1) is 11.8 Å². The molecule has 1 N–H and O–H groups in total. The maximum absolute atomic E-state index is 12.7. The van der Waals surface area contributed by atoms with E-state index in [1.54, 1.807) is 18.3 Å². The Hall–Kier alpha value is -1.10. The van der Waals surface area contributed by atoms with E-state index in [9.17, 15) is 18.3 Å². The van der Waals surface area contributed by atoms with Crippen molar-refractivity contribution in [2.24, 2.45) is 11.8 Å². The third kappa shape index (κ3) is 3.02. The summed E-state index contributed by atoms with van der Waals surface area (Å²) < 4.78 is 38.1. The van der Waals surface area contributed by atoms with Gasteiger partial charge in [0.05, 0.1) is 12.0 Å². The van der Waals surface area contributed by atoms with Crippen molar-refractivity contribution in [1.82, 2.24) is 4.98 Å². The van der Waals surface area contributed by atoms with E-state index in [4.69, 9.17) is 0 Å². The van der Waals surface area contributed by atoms with E-state index in [-0.39, 0.29) is 18.8 Å². The van der Waals surface area contributed by atoms with Gasteiger partial charge < -0.3 is 5.11 Å². The van der Waals surface area contributed by atoms with E-state index < -0.39 is 18.2 Å². The number of halogens is 3. The van der Waals surface area contributed by atoms with Crippen LogP contribution in [0.2, 0.25) is 0 Å². The zero-order valence-corrected chi connectivity index (χ0v) is 9.90. The van der Waals surface area contributed by atoms with Gasteiger partial charge in [0.1, 0.15) is 0 Å². The minimum absolute atomic E-state index is 0.0135. The third-order valence-electron chi connectivity index (χ3n) is 3.65. The Kier molecular flexibility index (Phi) is 3.90. The minimum Gasteiger partial charge on any atom is -0.388 e. The van der Waals surface area contributed by atoms with Crippen molar-refractivity contribution in [3.05, 3.63) is 30.1 Å². The first kappa shape index (κ1) is 13.3. The molecule has 0 radical (unpaired) electrons. The van der Waals surface area contributed by atoms with Crippen LogP contribution in [0.25, 0.3) is 0 Å². The quantitative estimate of drug-likeness (QED) is 0.882. The van der Waals surface area contributed by atoms with Gasteiger partial charge >= 0.3 is 6.18 Å². The van der Waals surface area contributed by atoms with Gasteiger partial charge in [-0.25, -0.2) is 0 Å². The highest BCUT2D eigenvalue weighted by Crippen LogP contribution is 2.43. The van der Waals surface area contributed by atoms with E-state index in [1.165, 1.54) is 6.20 Å². The van der Waals surface area contributed by atoms with Gasteiger partial charge in [-0.1, -0.05) is 12.5 Å². The Labute approximate surface area is 104 Å². The molecule has 1 fully saturated rings. The van der Waals surface area contributed by atoms with Gasteiger partial charge in [0.2, 0.25) is 0 Å². The highest BCUT2D eigenvalue weighted by Gasteiger charge is 2.43. The van der Waals surface area contributed by atoms with Crippen molar-refractivity contribution in [3.8, 4) is 0 Å². The second-order valence-corrected chi connectivity index (χ2v) is 4.90. The number of rotatable bonds is 2. The summed E-state index contributed by atoms with van der Waals surface area (Å²) in [5.41, 5.74) is 0.602. The average Bonchev–Trinajstić information content (AvgIpc) is 2.38. The maximum atomic E-state index is 12.7. The van der Waals surface area contributed by atoms with Gasteiger partial charge in [-0.05, 0) is 36.8 Å². The molecule has 100 valence electrons. The van der Waals surface area contributed by atoms with Crippen molar-refractivity contribution in [3.63, 3.8) is 0 Å². The second-order valence-electron chi connectivity index (χ2n) is 4.90. The third-order valence-corrected chi connectivity index (χ3v) is 3.65. The van der Waals surface area contributed by atoms with Gasteiger partial charge in [0, 0.05) is 12.4 Å². The molecule has 2 nitrogen and oxygen atoms in total. The van der Waals surface area contributed by atoms with Gasteiger partial charge in [0.15, 0.2) is 0 Å². The highest BCUT2D eigenvalue weighted by atomic mass is 19.4. The molecule has 0 bridgehead atoms. The first-order valence-corrected chi connectivity index (χ1v) is 6.13. The molecule has 18 heavy (non-hydrogen) atoms. The Morgan fingerprint density at radius 2 is 2.11 bits per heavy atom. The summed E-state index contributed by atoms with van der Waals surface area (Å²) in [7, 11) is 0. The van der Waals surface area contributed by atoms with Crippen LogP contribution in [0.1, 0.15) is 37.4 Å². The molecule has 0 aromatic carbocycles. The van der Waals surface area contributed by atoms with Gasteiger partial charge in [0.25, 0.3) is 0 Å². The lowest BCUT2D eigenvalue weighted by atomic mass is 9.77. The molecule has 0 amide bonds. The van der Waals surface area contributed by atoms with Crippen LogP contribution in [0.3, 0.4) is 0 Å². The molecule has 1 aromatic heterocycles. The molecule has 1 aromatic rings. The lowest BCUT2D eigenvalue weighted by Crippen LogP contribution is -2.31. The van der Waals surface area contributed by atoms with Crippen LogP contribution in [-0.2, 0) is 0 Å². The molecule has 0 saturated heterocycles. The monoisotopic (exact) mass is 259 g/mol. The summed E-state index contributed by atoms with van der Waals surface area (Å²) in [6.07, 6.45) is -0.539. The first-order valence-electron chi connectivity index (χ1n) is 6.13. The molecular formula is C13H16F3NO. The fourth-order valence-electron chi connectivity index (χ4n) is 2.63. The fraction of sp³-hybridized carbons (Fsp3) is 0.615. The zero-order valence-electron chi connectivity index (χ0n) is 9.90. The molecule has 5 heteroatoms. The normalized spacial score (nSPS) is 26.9. The van der Waals surface area contributed by atoms with Crippen LogP contribution in [0.4, 0.5) is 13.2 Å². The maximum Gasteiger partial charge on any atom is 0.391 e. The van der Waals surface area contributed by atoms with E-state index in [0.29, 0.717) is 18.4 Å². The van der Waals surface area contributed by atoms with E-state index >= 15 is 0 Å².